The Morgan fingerprint density at radius 3 is 3.04 bits per heavy atom. The van der Waals surface area contributed by atoms with Crippen molar-refractivity contribution >= 4 is 29.5 Å². The molecule has 3 rings (SSSR count). The Kier molecular flexibility index (Phi) is 7.39. The lowest BCUT2D eigenvalue weighted by molar-refractivity contribution is -0.137. The van der Waals surface area contributed by atoms with E-state index >= 15 is 0 Å². The van der Waals surface area contributed by atoms with Crippen molar-refractivity contribution < 1.29 is 9.53 Å². The molecule has 1 N–H and O–H groups in total. The quantitative estimate of drug-likeness (QED) is 0.563. The van der Waals surface area contributed by atoms with E-state index < -0.39 is 0 Å². The van der Waals surface area contributed by atoms with Gasteiger partial charge in [-0.05, 0) is 50.1 Å². The molecule has 28 heavy (non-hydrogen) atoms. The van der Waals surface area contributed by atoms with Gasteiger partial charge in [0.1, 0.15) is 5.82 Å². The van der Waals surface area contributed by atoms with E-state index in [-0.39, 0.29) is 5.97 Å². The summed E-state index contributed by atoms with van der Waals surface area (Å²) in [5.74, 6) is 0.358. The Balaban J connectivity index is 1.52. The zero-order valence-corrected chi connectivity index (χ0v) is 16.7. The molecule has 2 heterocycles. The van der Waals surface area contributed by atoms with Crippen LogP contribution in [0.1, 0.15) is 31.0 Å². The molecule has 1 atom stereocenters. The third-order valence-corrected chi connectivity index (χ3v) is 4.74. The average Bonchev–Trinajstić information content (AvgIpc) is 2.68. The second-order valence-electron chi connectivity index (χ2n) is 6.76. The topological polar surface area (TPSA) is 67.3 Å². The lowest BCUT2D eigenvalue weighted by atomic mass is 10.0. The fraction of sp³-hybridized carbons (Fsp3) is 0.381. The second-order valence-corrected chi connectivity index (χ2v) is 7.20. The van der Waals surface area contributed by atoms with E-state index in [9.17, 15) is 4.79 Å². The number of aromatic nitrogens is 2. The largest absolute Gasteiger partial charge is 0.463 e. The van der Waals surface area contributed by atoms with Gasteiger partial charge in [-0.15, -0.1) is 0 Å². The zero-order chi connectivity index (χ0) is 19.8. The summed E-state index contributed by atoms with van der Waals surface area (Å²) in [6.45, 7) is 5.04. The zero-order valence-electron chi connectivity index (χ0n) is 16.0. The molecule has 0 radical (unpaired) electrons. The molecule has 2 aromatic rings. The van der Waals surface area contributed by atoms with E-state index in [0.717, 1.165) is 43.3 Å². The van der Waals surface area contributed by atoms with Gasteiger partial charge in [0.05, 0.1) is 24.7 Å². The number of carbonyl (C=O) groups excluding carboxylic acids is 1. The first kappa shape index (κ1) is 20.3. The van der Waals surface area contributed by atoms with E-state index in [1.165, 1.54) is 11.6 Å². The van der Waals surface area contributed by atoms with E-state index in [1.807, 2.05) is 18.2 Å². The van der Waals surface area contributed by atoms with Gasteiger partial charge in [0.25, 0.3) is 0 Å². The lowest BCUT2D eigenvalue weighted by Gasteiger charge is -2.33. The Hall–Kier alpha value is -2.44. The van der Waals surface area contributed by atoms with Crippen LogP contribution in [0.15, 0.2) is 42.7 Å². The minimum Gasteiger partial charge on any atom is -0.463 e. The highest BCUT2D eigenvalue weighted by atomic mass is 35.5. The molecule has 0 unspecified atom stereocenters. The number of piperidine rings is 1. The number of carbonyl (C=O) groups is 1. The molecule has 0 saturated carbocycles. The molecule has 0 bridgehead atoms. The molecule has 0 aliphatic carbocycles. The van der Waals surface area contributed by atoms with E-state index in [2.05, 4.69) is 26.3 Å². The highest BCUT2D eigenvalue weighted by Crippen LogP contribution is 2.18. The number of nitrogens with one attached hydrogen (secondary N) is 1. The monoisotopic (exact) mass is 400 g/mol. The van der Waals surface area contributed by atoms with Crippen LogP contribution in [0.4, 0.5) is 5.82 Å². The van der Waals surface area contributed by atoms with Crippen LogP contribution in [-0.2, 0) is 16.1 Å². The maximum Gasteiger partial charge on any atom is 0.330 e. The van der Waals surface area contributed by atoms with Gasteiger partial charge >= 0.3 is 5.97 Å². The van der Waals surface area contributed by atoms with Gasteiger partial charge in [0.2, 0.25) is 0 Å². The molecule has 1 aromatic heterocycles. The van der Waals surface area contributed by atoms with E-state index in [4.69, 9.17) is 16.3 Å². The molecule has 0 spiro atoms. The van der Waals surface area contributed by atoms with Crippen LogP contribution in [0.5, 0.6) is 0 Å². The van der Waals surface area contributed by atoms with Gasteiger partial charge in [-0.1, -0.05) is 23.7 Å². The summed E-state index contributed by atoms with van der Waals surface area (Å²) in [6.07, 6.45) is 8.52. The predicted molar refractivity (Wildman–Crippen MR) is 111 cm³/mol. The van der Waals surface area contributed by atoms with Gasteiger partial charge in [0.15, 0.2) is 0 Å². The Morgan fingerprint density at radius 2 is 2.29 bits per heavy atom. The number of halogens is 1. The second kappa shape index (κ2) is 10.2. The van der Waals surface area contributed by atoms with E-state index in [0.29, 0.717) is 18.3 Å². The molecule has 1 aliphatic heterocycles. The number of likely N-dealkylation sites (tertiary alicyclic amines) is 1. The number of nitrogens with zero attached hydrogens (tertiary/aromatic N) is 3. The van der Waals surface area contributed by atoms with Crippen molar-refractivity contribution in [1.29, 1.82) is 0 Å². The predicted octanol–water partition coefficient (Wildman–Crippen LogP) is 3.78. The normalized spacial score (nSPS) is 17.6. The summed E-state index contributed by atoms with van der Waals surface area (Å²) in [7, 11) is 0. The minimum atomic E-state index is -0.381. The summed E-state index contributed by atoms with van der Waals surface area (Å²) in [4.78, 5) is 22.5. The summed E-state index contributed by atoms with van der Waals surface area (Å²) >= 11 is 6.09. The van der Waals surface area contributed by atoms with Crippen LogP contribution < -0.4 is 5.32 Å². The molecule has 1 fully saturated rings. The first-order valence-electron chi connectivity index (χ1n) is 9.52. The van der Waals surface area contributed by atoms with Gasteiger partial charge in [-0.25, -0.2) is 9.78 Å². The Bertz CT molecular complexity index is 810. The average molecular weight is 401 g/mol. The molecule has 0 amide bonds. The first-order chi connectivity index (χ1) is 13.6. The molecule has 148 valence electrons. The SMILES string of the molecule is CCOC(=O)C=Cc1cnc(N[C@@H]2CCCN(Cc3cccc(Cl)c3)C2)cn1. The van der Waals surface area contributed by atoms with Gasteiger partial charge in [-0.2, -0.15) is 0 Å². The standard InChI is InChI=1S/C21H25ClN4O2/c1-2-28-21(27)9-8-18-12-24-20(13-23-18)25-19-7-4-10-26(15-19)14-16-5-3-6-17(22)11-16/h3,5-6,8-9,11-13,19H,2,4,7,10,14-15H2,1H3,(H,24,25)/t19-/m1/s1. The van der Waals surface area contributed by atoms with Crippen molar-refractivity contribution in [3.05, 3.63) is 59.0 Å². The molecular weight excluding hydrogens is 376 g/mol. The summed E-state index contributed by atoms with van der Waals surface area (Å²) in [5, 5.41) is 4.24. The summed E-state index contributed by atoms with van der Waals surface area (Å²) in [6, 6.07) is 8.34. The maximum absolute atomic E-state index is 11.3. The molecule has 1 aromatic carbocycles. The molecule has 7 heteroatoms. The number of benzene rings is 1. The lowest BCUT2D eigenvalue weighted by Crippen LogP contribution is -2.41. The number of ether oxygens (including phenoxy) is 1. The Labute approximate surface area is 170 Å². The van der Waals surface area contributed by atoms with Crippen molar-refractivity contribution in [2.45, 2.75) is 32.4 Å². The van der Waals surface area contributed by atoms with Crippen LogP contribution in [0, 0.1) is 0 Å². The molecule has 1 aliphatic rings. The fourth-order valence-electron chi connectivity index (χ4n) is 3.26. The number of hydrogen-bond donors (Lipinski definition) is 1. The van der Waals surface area contributed by atoms with Crippen molar-refractivity contribution in [2.75, 3.05) is 25.0 Å². The van der Waals surface area contributed by atoms with Gasteiger partial charge in [0, 0.05) is 30.2 Å². The minimum absolute atomic E-state index is 0.322. The maximum atomic E-state index is 11.3. The highest BCUT2D eigenvalue weighted by Gasteiger charge is 2.20. The number of rotatable bonds is 7. The van der Waals surface area contributed by atoms with Crippen LogP contribution >= 0.6 is 11.6 Å². The van der Waals surface area contributed by atoms with Crippen molar-refractivity contribution in [2.24, 2.45) is 0 Å². The van der Waals surface area contributed by atoms with Crippen LogP contribution in [0.3, 0.4) is 0 Å². The van der Waals surface area contributed by atoms with Crippen LogP contribution in [0.25, 0.3) is 6.08 Å². The van der Waals surface area contributed by atoms with Crippen molar-refractivity contribution in [3.8, 4) is 0 Å². The smallest absolute Gasteiger partial charge is 0.330 e. The van der Waals surface area contributed by atoms with Crippen molar-refractivity contribution in [1.82, 2.24) is 14.9 Å². The summed E-state index contributed by atoms with van der Waals surface area (Å²) < 4.78 is 4.85. The number of esters is 1. The number of anilines is 1. The first-order valence-corrected chi connectivity index (χ1v) is 9.90. The van der Waals surface area contributed by atoms with Gasteiger partial charge < -0.3 is 10.1 Å². The third kappa shape index (κ3) is 6.32. The number of hydrogen-bond acceptors (Lipinski definition) is 6. The Morgan fingerprint density at radius 1 is 1.39 bits per heavy atom. The van der Waals surface area contributed by atoms with E-state index in [1.54, 1.807) is 25.4 Å². The van der Waals surface area contributed by atoms with Crippen molar-refractivity contribution in [3.63, 3.8) is 0 Å². The molecular formula is C21H25ClN4O2. The third-order valence-electron chi connectivity index (χ3n) is 4.50. The molecule has 1 saturated heterocycles. The molecule has 6 nitrogen and oxygen atoms in total. The highest BCUT2D eigenvalue weighted by molar-refractivity contribution is 6.30. The van der Waals surface area contributed by atoms with Gasteiger partial charge in [-0.3, -0.25) is 9.88 Å². The van der Waals surface area contributed by atoms with Crippen LogP contribution in [0.2, 0.25) is 5.02 Å². The summed E-state index contributed by atoms with van der Waals surface area (Å²) in [5.41, 5.74) is 1.84. The van der Waals surface area contributed by atoms with Crippen LogP contribution in [-0.4, -0.2) is 46.6 Å². The fourth-order valence-corrected chi connectivity index (χ4v) is 3.47.